The summed E-state index contributed by atoms with van der Waals surface area (Å²) < 4.78 is 6.18. The molecule has 0 amide bonds. The average Bonchev–Trinajstić information content (AvgIpc) is 3.26. The van der Waals surface area contributed by atoms with E-state index in [0.717, 1.165) is 43.7 Å². The van der Waals surface area contributed by atoms with Gasteiger partial charge in [-0.25, -0.2) is 0 Å². The van der Waals surface area contributed by atoms with E-state index in [0.29, 0.717) is 0 Å². The Hall–Kier alpha value is -4.07. The molecule has 0 radical (unpaired) electrons. The summed E-state index contributed by atoms with van der Waals surface area (Å²) in [6.45, 7) is 0. The van der Waals surface area contributed by atoms with Crippen LogP contribution in [0.3, 0.4) is 0 Å². The van der Waals surface area contributed by atoms with Gasteiger partial charge in [-0.15, -0.1) is 0 Å². The predicted molar refractivity (Wildman–Crippen MR) is 145 cm³/mol. The van der Waals surface area contributed by atoms with E-state index in [9.17, 15) is 0 Å². The van der Waals surface area contributed by atoms with Gasteiger partial charge in [0.15, 0.2) is 0 Å². The summed E-state index contributed by atoms with van der Waals surface area (Å²) in [5.74, 6) is 0. The topological polar surface area (TPSA) is 13.1 Å². The Morgan fingerprint density at radius 2 is 1.18 bits per heavy atom. The highest BCUT2D eigenvalue weighted by Crippen LogP contribution is 2.43. The zero-order valence-electron chi connectivity index (χ0n) is 18.3. The summed E-state index contributed by atoms with van der Waals surface area (Å²) in [5, 5.41) is 7.91. The van der Waals surface area contributed by atoms with E-state index >= 15 is 0 Å². The maximum atomic E-state index is 6.88. The van der Waals surface area contributed by atoms with E-state index in [1.54, 1.807) is 0 Å². The van der Waals surface area contributed by atoms with Gasteiger partial charge in [0.2, 0.25) is 0 Å². The molecule has 6 aromatic carbocycles. The molecule has 0 saturated heterocycles. The summed E-state index contributed by atoms with van der Waals surface area (Å²) in [6.07, 6.45) is 0. The van der Waals surface area contributed by atoms with Gasteiger partial charge in [0.1, 0.15) is 11.2 Å². The van der Waals surface area contributed by atoms with Crippen LogP contribution >= 0.6 is 11.6 Å². The van der Waals surface area contributed by atoms with E-state index in [-0.39, 0.29) is 0 Å². The van der Waals surface area contributed by atoms with Crippen LogP contribution in [0.1, 0.15) is 0 Å². The van der Waals surface area contributed by atoms with Crippen LogP contribution < -0.4 is 0 Å². The predicted octanol–water partition coefficient (Wildman–Crippen LogP) is 9.88. The third-order valence-corrected chi connectivity index (χ3v) is 7.05. The highest BCUT2D eigenvalue weighted by Gasteiger charge is 2.17. The molecule has 7 rings (SSSR count). The summed E-state index contributed by atoms with van der Waals surface area (Å²) in [7, 11) is 0. The quantitative estimate of drug-likeness (QED) is 0.237. The normalized spacial score (nSPS) is 11.7. The van der Waals surface area contributed by atoms with Crippen LogP contribution in [-0.2, 0) is 0 Å². The number of benzene rings is 6. The Kier molecular flexibility index (Phi) is 4.27. The first-order chi connectivity index (χ1) is 16.8. The summed E-state index contributed by atoms with van der Waals surface area (Å²) in [4.78, 5) is 0. The number of halogens is 1. The van der Waals surface area contributed by atoms with Crippen molar-refractivity contribution in [3.8, 4) is 22.3 Å². The van der Waals surface area contributed by atoms with Gasteiger partial charge in [0.05, 0.1) is 0 Å². The van der Waals surface area contributed by atoms with Crippen molar-refractivity contribution in [3.05, 3.63) is 120 Å². The lowest BCUT2D eigenvalue weighted by Gasteiger charge is -2.16. The molecule has 1 heterocycles. The highest BCUT2D eigenvalue weighted by molar-refractivity contribution is 6.34. The fourth-order valence-corrected chi connectivity index (χ4v) is 5.48. The van der Waals surface area contributed by atoms with Gasteiger partial charge in [-0.1, -0.05) is 96.5 Å². The first-order valence-corrected chi connectivity index (χ1v) is 11.8. The highest BCUT2D eigenvalue weighted by atomic mass is 35.5. The molecule has 0 spiro atoms. The van der Waals surface area contributed by atoms with Crippen molar-refractivity contribution in [3.63, 3.8) is 0 Å². The number of hydrogen-bond donors (Lipinski definition) is 0. The number of para-hydroxylation sites is 1. The first-order valence-electron chi connectivity index (χ1n) is 11.4. The van der Waals surface area contributed by atoms with Crippen LogP contribution in [0.15, 0.2) is 120 Å². The monoisotopic (exact) mass is 454 g/mol. The lowest BCUT2D eigenvalue weighted by molar-refractivity contribution is 0.669. The molecule has 2 heteroatoms. The van der Waals surface area contributed by atoms with Crippen molar-refractivity contribution in [2.75, 3.05) is 0 Å². The smallest absolute Gasteiger partial charge is 0.136 e. The van der Waals surface area contributed by atoms with Gasteiger partial charge in [-0.2, -0.15) is 0 Å². The second-order valence-electron chi connectivity index (χ2n) is 8.66. The number of hydrogen-bond acceptors (Lipinski definition) is 1. The minimum Gasteiger partial charge on any atom is -0.456 e. The molecule has 7 aromatic rings. The largest absolute Gasteiger partial charge is 0.456 e. The van der Waals surface area contributed by atoms with Crippen LogP contribution in [0.25, 0.3) is 65.7 Å². The van der Waals surface area contributed by atoms with Gasteiger partial charge in [-0.05, 0) is 68.6 Å². The van der Waals surface area contributed by atoms with Crippen molar-refractivity contribution < 1.29 is 4.42 Å². The molecule has 34 heavy (non-hydrogen) atoms. The van der Waals surface area contributed by atoms with Gasteiger partial charge < -0.3 is 4.42 Å². The van der Waals surface area contributed by atoms with Crippen LogP contribution in [0, 0.1) is 0 Å². The molecule has 0 bridgehead atoms. The van der Waals surface area contributed by atoms with Gasteiger partial charge in [0, 0.05) is 21.4 Å². The summed E-state index contributed by atoms with van der Waals surface area (Å²) in [5.41, 5.74) is 6.13. The molecule has 0 aliphatic rings. The van der Waals surface area contributed by atoms with Crippen molar-refractivity contribution in [2.45, 2.75) is 0 Å². The third kappa shape index (κ3) is 2.88. The molecule has 0 unspecified atom stereocenters. The molecule has 1 nitrogen and oxygen atoms in total. The van der Waals surface area contributed by atoms with Crippen molar-refractivity contribution >= 4 is 55.1 Å². The Morgan fingerprint density at radius 3 is 2.06 bits per heavy atom. The lowest BCUT2D eigenvalue weighted by Crippen LogP contribution is -1.89. The molecule has 0 saturated carbocycles. The number of fused-ring (bicyclic) bond motifs is 6. The zero-order chi connectivity index (χ0) is 22.6. The van der Waals surface area contributed by atoms with Crippen molar-refractivity contribution in [2.24, 2.45) is 0 Å². The SMILES string of the molecule is Clc1cccc(-c2cc3ccccc3c3ccccc23)c1-c1ccc2c(c1)oc1ccccc12. The molecule has 0 fully saturated rings. The molecule has 1 aromatic heterocycles. The molecule has 0 atom stereocenters. The van der Waals surface area contributed by atoms with Crippen LogP contribution in [0.4, 0.5) is 0 Å². The maximum absolute atomic E-state index is 6.88. The van der Waals surface area contributed by atoms with E-state index in [1.165, 1.54) is 27.1 Å². The van der Waals surface area contributed by atoms with Crippen LogP contribution in [-0.4, -0.2) is 0 Å². The van der Waals surface area contributed by atoms with Crippen LogP contribution in [0.5, 0.6) is 0 Å². The van der Waals surface area contributed by atoms with Gasteiger partial charge >= 0.3 is 0 Å². The molecule has 0 N–H and O–H groups in total. The van der Waals surface area contributed by atoms with Crippen molar-refractivity contribution in [1.82, 2.24) is 0 Å². The second kappa shape index (κ2) is 7.48. The van der Waals surface area contributed by atoms with E-state index in [4.69, 9.17) is 16.0 Å². The summed E-state index contributed by atoms with van der Waals surface area (Å²) in [6, 6.07) is 40.2. The number of rotatable bonds is 2. The van der Waals surface area contributed by atoms with E-state index in [2.05, 4.69) is 84.9 Å². The van der Waals surface area contributed by atoms with E-state index < -0.39 is 0 Å². The molecule has 0 aliphatic carbocycles. The van der Waals surface area contributed by atoms with Gasteiger partial charge in [0.25, 0.3) is 0 Å². The van der Waals surface area contributed by atoms with Crippen molar-refractivity contribution in [1.29, 1.82) is 0 Å². The molecular formula is C32H19ClO. The molecule has 160 valence electrons. The zero-order valence-corrected chi connectivity index (χ0v) is 19.0. The Balaban J connectivity index is 1.54. The minimum absolute atomic E-state index is 0.727. The number of furan rings is 1. The minimum atomic E-state index is 0.727. The van der Waals surface area contributed by atoms with E-state index in [1.807, 2.05) is 30.3 Å². The molecular weight excluding hydrogens is 436 g/mol. The van der Waals surface area contributed by atoms with Gasteiger partial charge in [-0.3, -0.25) is 0 Å². The Bertz CT molecular complexity index is 1880. The maximum Gasteiger partial charge on any atom is 0.136 e. The Labute approximate surface area is 201 Å². The Morgan fingerprint density at radius 1 is 0.471 bits per heavy atom. The van der Waals surface area contributed by atoms with Crippen LogP contribution in [0.2, 0.25) is 5.02 Å². The standard InChI is InChI=1S/C32H19ClO/c33-29-14-7-13-27(28-18-20-8-1-2-9-22(20)23-10-3-4-11-24(23)28)32(29)21-16-17-26-25-12-5-6-15-30(25)34-31(26)19-21/h1-19H. The summed E-state index contributed by atoms with van der Waals surface area (Å²) >= 11 is 6.88. The third-order valence-electron chi connectivity index (χ3n) is 6.74. The fraction of sp³-hybridized carbons (Fsp3) is 0. The first kappa shape index (κ1) is 19.4. The average molecular weight is 455 g/mol. The molecule has 0 aliphatic heterocycles. The second-order valence-corrected chi connectivity index (χ2v) is 9.07. The lowest BCUT2D eigenvalue weighted by atomic mass is 9.89. The fourth-order valence-electron chi connectivity index (χ4n) is 5.20.